The molecule has 0 saturated carbocycles. The lowest BCUT2D eigenvalue weighted by Crippen LogP contribution is -2.47. The van der Waals surface area contributed by atoms with E-state index in [1.807, 2.05) is 9.80 Å². The molecule has 3 rings (SSSR count). The van der Waals surface area contributed by atoms with Crippen molar-refractivity contribution in [1.29, 1.82) is 0 Å². The Morgan fingerprint density at radius 2 is 1.67 bits per heavy atom. The minimum atomic E-state index is -0.0556. The first-order valence-corrected chi connectivity index (χ1v) is 9.36. The molecule has 1 aromatic carbocycles. The highest BCUT2D eigenvalue weighted by atomic mass is 35.5. The Balaban J connectivity index is 1.65. The monoisotopic (exact) mass is 348 g/mol. The number of amides is 2. The predicted octanol–water partition coefficient (Wildman–Crippen LogP) is 3.59. The lowest BCUT2D eigenvalue weighted by atomic mass is 9.95. The average molecular weight is 349 g/mol. The maximum absolute atomic E-state index is 12.8. The fraction of sp³-hybridized carbons (Fsp3) is 0.579. The van der Waals surface area contributed by atoms with Crippen molar-refractivity contribution < 1.29 is 9.59 Å². The molecule has 0 spiro atoms. The van der Waals surface area contributed by atoms with Gasteiger partial charge in [0.15, 0.2) is 0 Å². The number of hydrogen-bond acceptors (Lipinski definition) is 2. The zero-order valence-electron chi connectivity index (χ0n) is 14.0. The largest absolute Gasteiger partial charge is 0.342 e. The van der Waals surface area contributed by atoms with Gasteiger partial charge in [-0.3, -0.25) is 9.59 Å². The third-order valence-electron chi connectivity index (χ3n) is 5.05. The first-order valence-electron chi connectivity index (χ1n) is 8.99. The molecule has 0 bridgehead atoms. The van der Waals surface area contributed by atoms with Gasteiger partial charge in [0.25, 0.3) is 5.91 Å². The fourth-order valence-corrected chi connectivity index (χ4v) is 3.91. The van der Waals surface area contributed by atoms with Crippen LogP contribution in [0.5, 0.6) is 0 Å². The zero-order chi connectivity index (χ0) is 16.9. The summed E-state index contributed by atoms with van der Waals surface area (Å²) in [6.45, 7) is 2.99. The third kappa shape index (κ3) is 4.10. The van der Waals surface area contributed by atoms with Crippen molar-refractivity contribution >= 4 is 23.4 Å². The van der Waals surface area contributed by atoms with Crippen LogP contribution >= 0.6 is 11.6 Å². The Labute approximate surface area is 148 Å². The Hall–Kier alpha value is -1.55. The molecular formula is C19H25ClN2O2. The lowest BCUT2D eigenvalue weighted by molar-refractivity contribution is -0.136. The number of nitrogens with zero attached hydrogens (tertiary/aromatic N) is 2. The van der Waals surface area contributed by atoms with Crippen LogP contribution in [0.15, 0.2) is 24.3 Å². The quantitative estimate of drug-likeness (QED) is 0.819. The molecule has 0 unspecified atom stereocenters. The molecule has 2 fully saturated rings. The third-order valence-corrected chi connectivity index (χ3v) is 5.28. The van der Waals surface area contributed by atoms with E-state index in [2.05, 4.69) is 0 Å². The van der Waals surface area contributed by atoms with Crippen LogP contribution in [-0.4, -0.2) is 47.8 Å². The first kappa shape index (κ1) is 17.3. The summed E-state index contributed by atoms with van der Waals surface area (Å²) in [7, 11) is 0. The molecule has 24 heavy (non-hydrogen) atoms. The molecule has 0 aliphatic carbocycles. The number of carbonyl (C=O) groups is 2. The molecular weight excluding hydrogens is 324 g/mol. The van der Waals surface area contributed by atoms with Crippen LogP contribution in [0.3, 0.4) is 0 Å². The highest BCUT2D eigenvalue weighted by Crippen LogP contribution is 2.23. The second-order valence-corrected chi connectivity index (χ2v) is 7.28. The average Bonchev–Trinajstić information content (AvgIpc) is 2.90. The molecule has 5 heteroatoms. The van der Waals surface area contributed by atoms with Crippen LogP contribution in [-0.2, 0) is 4.79 Å². The van der Waals surface area contributed by atoms with Crippen molar-refractivity contribution in [2.75, 3.05) is 26.2 Å². The Bertz CT molecular complexity index is 597. The summed E-state index contributed by atoms with van der Waals surface area (Å²) < 4.78 is 0. The van der Waals surface area contributed by atoms with Crippen LogP contribution < -0.4 is 0 Å². The fourth-order valence-electron chi connectivity index (χ4n) is 3.72. The van der Waals surface area contributed by atoms with Gasteiger partial charge in [-0.1, -0.05) is 30.5 Å². The van der Waals surface area contributed by atoms with Crippen molar-refractivity contribution in [3.63, 3.8) is 0 Å². The van der Waals surface area contributed by atoms with E-state index >= 15 is 0 Å². The molecule has 130 valence electrons. The normalized spacial score (nSPS) is 22.1. The van der Waals surface area contributed by atoms with Gasteiger partial charge in [0.1, 0.15) is 0 Å². The number of benzene rings is 1. The van der Waals surface area contributed by atoms with Crippen molar-refractivity contribution in [1.82, 2.24) is 9.80 Å². The smallest absolute Gasteiger partial charge is 0.253 e. The van der Waals surface area contributed by atoms with Gasteiger partial charge in [-0.2, -0.15) is 0 Å². The summed E-state index contributed by atoms with van der Waals surface area (Å²) in [6, 6.07) is 7.04. The molecule has 2 saturated heterocycles. The van der Waals surface area contributed by atoms with Crippen molar-refractivity contribution in [3.05, 3.63) is 34.9 Å². The van der Waals surface area contributed by atoms with E-state index in [0.717, 1.165) is 45.3 Å². The first-order chi connectivity index (χ1) is 11.6. The van der Waals surface area contributed by atoms with Gasteiger partial charge >= 0.3 is 0 Å². The van der Waals surface area contributed by atoms with Crippen molar-refractivity contribution in [2.45, 2.75) is 38.5 Å². The minimum absolute atomic E-state index is 0.0223. The molecule has 2 aliphatic heterocycles. The summed E-state index contributed by atoms with van der Waals surface area (Å²) in [5.41, 5.74) is 0.602. The standard InChI is InChI=1S/C19H25ClN2O2/c20-17-9-5-7-15(13-17)18(23)22-12-6-8-16(14-22)19(24)21-10-3-1-2-4-11-21/h5,7,9,13,16H,1-4,6,8,10-12,14H2/t16-/m0/s1. The van der Waals surface area contributed by atoms with Crippen molar-refractivity contribution in [3.8, 4) is 0 Å². The molecule has 2 aliphatic rings. The van der Waals surface area contributed by atoms with Crippen LogP contribution in [0.1, 0.15) is 48.9 Å². The maximum atomic E-state index is 12.8. The minimum Gasteiger partial charge on any atom is -0.342 e. The highest BCUT2D eigenvalue weighted by Gasteiger charge is 2.31. The Morgan fingerprint density at radius 1 is 0.958 bits per heavy atom. The van der Waals surface area contributed by atoms with E-state index in [-0.39, 0.29) is 17.7 Å². The predicted molar refractivity (Wildman–Crippen MR) is 95.1 cm³/mol. The van der Waals surface area contributed by atoms with Crippen LogP contribution in [0, 0.1) is 5.92 Å². The van der Waals surface area contributed by atoms with E-state index < -0.39 is 0 Å². The van der Waals surface area contributed by atoms with E-state index in [4.69, 9.17) is 11.6 Å². The van der Waals surface area contributed by atoms with Gasteiger partial charge in [-0.05, 0) is 43.9 Å². The summed E-state index contributed by atoms with van der Waals surface area (Å²) >= 11 is 5.99. The van der Waals surface area contributed by atoms with Gasteiger partial charge in [0.2, 0.25) is 5.91 Å². The SMILES string of the molecule is O=C(c1cccc(Cl)c1)N1CCC[C@H](C(=O)N2CCCCCC2)C1. The van der Waals surface area contributed by atoms with Crippen molar-refractivity contribution in [2.24, 2.45) is 5.92 Å². The van der Waals surface area contributed by atoms with Crippen LogP contribution in [0.2, 0.25) is 5.02 Å². The van der Waals surface area contributed by atoms with Gasteiger partial charge in [0, 0.05) is 36.8 Å². The number of hydrogen-bond donors (Lipinski definition) is 0. The van der Waals surface area contributed by atoms with E-state index in [0.29, 0.717) is 17.1 Å². The number of rotatable bonds is 2. The number of piperidine rings is 1. The number of carbonyl (C=O) groups excluding carboxylic acids is 2. The van der Waals surface area contributed by atoms with Crippen LogP contribution in [0.25, 0.3) is 0 Å². The second-order valence-electron chi connectivity index (χ2n) is 6.84. The number of likely N-dealkylation sites (tertiary alicyclic amines) is 2. The molecule has 0 radical (unpaired) electrons. The highest BCUT2D eigenvalue weighted by molar-refractivity contribution is 6.30. The molecule has 2 amide bonds. The number of halogens is 1. The van der Waals surface area contributed by atoms with Gasteiger partial charge in [0.05, 0.1) is 5.92 Å². The van der Waals surface area contributed by atoms with E-state index in [1.54, 1.807) is 24.3 Å². The Morgan fingerprint density at radius 3 is 2.38 bits per heavy atom. The molecule has 0 N–H and O–H groups in total. The maximum Gasteiger partial charge on any atom is 0.253 e. The van der Waals surface area contributed by atoms with Gasteiger partial charge in [-0.25, -0.2) is 0 Å². The summed E-state index contributed by atoms with van der Waals surface area (Å²) in [5, 5.41) is 0.565. The molecule has 1 atom stereocenters. The van der Waals surface area contributed by atoms with Gasteiger partial charge < -0.3 is 9.80 Å². The van der Waals surface area contributed by atoms with Crippen LogP contribution in [0.4, 0.5) is 0 Å². The molecule has 4 nitrogen and oxygen atoms in total. The van der Waals surface area contributed by atoms with E-state index in [1.165, 1.54) is 12.8 Å². The van der Waals surface area contributed by atoms with Gasteiger partial charge in [-0.15, -0.1) is 0 Å². The summed E-state index contributed by atoms with van der Waals surface area (Å²) in [5.74, 6) is 0.159. The zero-order valence-corrected chi connectivity index (χ0v) is 14.8. The Kier molecular flexibility index (Phi) is 5.77. The van der Waals surface area contributed by atoms with E-state index in [9.17, 15) is 9.59 Å². The molecule has 0 aromatic heterocycles. The summed E-state index contributed by atoms with van der Waals surface area (Å²) in [4.78, 5) is 29.4. The second kappa shape index (κ2) is 8.02. The summed E-state index contributed by atoms with van der Waals surface area (Å²) in [6.07, 6.45) is 6.40. The topological polar surface area (TPSA) is 40.6 Å². The molecule has 1 aromatic rings. The molecule has 2 heterocycles. The lowest BCUT2D eigenvalue weighted by Gasteiger charge is -2.35.